The average Bonchev–Trinajstić information content (AvgIpc) is 2.46. The zero-order valence-electron chi connectivity index (χ0n) is 10.4. The van der Waals surface area contributed by atoms with Crippen LogP contribution in [-0.4, -0.2) is 20.6 Å². The van der Waals surface area contributed by atoms with E-state index in [9.17, 15) is 4.79 Å². The van der Waals surface area contributed by atoms with Gasteiger partial charge in [0.05, 0.1) is 6.42 Å². The maximum absolute atomic E-state index is 10.9. The fraction of sp³-hybridized carbons (Fsp3) is 0.667. The van der Waals surface area contributed by atoms with Gasteiger partial charge in [-0.1, -0.05) is 20.8 Å². The van der Waals surface area contributed by atoms with Crippen LogP contribution in [-0.2, 0) is 11.8 Å². The molecule has 0 aromatic carbocycles. The van der Waals surface area contributed by atoms with E-state index < -0.39 is 5.97 Å². The quantitative estimate of drug-likeness (QED) is 0.854. The summed E-state index contributed by atoms with van der Waals surface area (Å²) in [5.41, 5.74) is 0.103. The van der Waals surface area contributed by atoms with E-state index in [2.05, 4.69) is 25.8 Å². The van der Waals surface area contributed by atoms with Gasteiger partial charge in [0.1, 0.15) is 5.82 Å². The van der Waals surface area contributed by atoms with Gasteiger partial charge in [0.15, 0.2) is 0 Å². The lowest BCUT2D eigenvalue weighted by atomic mass is 9.83. The molecule has 0 fully saturated rings. The van der Waals surface area contributed by atoms with Crippen LogP contribution >= 0.6 is 0 Å². The molecule has 90 valence electrons. The summed E-state index contributed by atoms with van der Waals surface area (Å²) in [6, 6.07) is 0. The molecule has 1 atom stereocenters. The van der Waals surface area contributed by atoms with Crippen molar-refractivity contribution < 1.29 is 9.90 Å². The zero-order valence-corrected chi connectivity index (χ0v) is 10.4. The summed E-state index contributed by atoms with van der Waals surface area (Å²) in [6.07, 6.45) is 4.53. The molecule has 1 N–H and O–H groups in total. The lowest BCUT2D eigenvalue weighted by Gasteiger charge is -2.24. The number of carboxylic acids is 1. The third kappa shape index (κ3) is 3.68. The minimum absolute atomic E-state index is 0.0162. The van der Waals surface area contributed by atoms with Crippen molar-refractivity contribution in [2.24, 2.45) is 12.5 Å². The number of hydrogen-bond donors (Lipinski definition) is 1. The van der Waals surface area contributed by atoms with Crippen molar-refractivity contribution in [3.8, 4) is 0 Å². The van der Waals surface area contributed by atoms with Crippen molar-refractivity contribution in [3.63, 3.8) is 0 Å². The minimum atomic E-state index is -0.766. The lowest BCUT2D eigenvalue weighted by Crippen LogP contribution is -2.18. The Labute approximate surface area is 96.3 Å². The van der Waals surface area contributed by atoms with Gasteiger partial charge in [-0.2, -0.15) is 0 Å². The van der Waals surface area contributed by atoms with Gasteiger partial charge in [-0.05, 0) is 11.8 Å². The highest BCUT2D eigenvalue weighted by Gasteiger charge is 2.25. The number of aromatic nitrogens is 2. The number of hydrogen-bond acceptors (Lipinski definition) is 2. The molecule has 0 radical (unpaired) electrons. The molecule has 4 nitrogen and oxygen atoms in total. The molecule has 1 unspecified atom stereocenters. The highest BCUT2D eigenvalue weighted by molar-refractivity contribution is 5.67. The third-order valence-corrected chi connectivity index (χ3v) is 2.50. The molecule has 0 aliphatic rings. The van der Waals surface area contributed by atoms with E-state index in [4.69, 9.17) is 5.11 Å². The molecular formula is C12H20N2O2. The van der Waals surface area contributed by atoms with Crippen LogP contribution in [0.1, 0.15) is 45.4 Å². The Kier molecular flexibility index (Phi) is 3.73. The summed E-state index contributed by atoms with van der Waals surface area (Å²) in [5, 5.41) is 8.93. The molecule has 1 heterocycles. The second-order valence-corrected chi connectivity index (χ2v) is 5.46. The molecule has 0 aliphatic carbocycles. The van der Waals surface area contributed by atoms with Crippen LogP contribution in [0.2, 0.25) is 0 Å². The van der Waals surface area contributed by atoms with Gasteiger partial charge in [0.2, 0.25) is 0 Å². The van der Waals surface area contributed by atoms with E-state index in [1.54, 1.807) is 6.20 Å². The topological polar surface area (TPSA) is 55.1 Å². The van der Waals surface area contributed by atoms with Crippen LogP contribution in [0, 0.1) is 5.41 Å². The highest BCUT2D eigenvalue weighted by Crippen LogP contribution is 2.32. The van der Waals surface area contributed by atoms with Crippen LogP contribution < -0.4 is 0 Å². The van der Waals surface area contributed by atoms with Crippen molar-refractivity contribution in [2.45, 2.75) is 39.5 Å². The van der Waals surface area contributed by atoms with Crippen molar-refractivity contribution in [2.75, 3.05) is 0 Å². The normalized spacial score (nSPS) is 13.8. The Morgan fingerprint density at radius 2 is 2.19 bits per heavy atom. The molecule has 4 heteroatoms. The number of aryl methyl sites for hydroxylation is 1. The van der Waals surface area contributed by atoms with Crippen LogP contribution in [0.4, 0.5) is 0 Å². The second kappa shape index (κ2) is 4.68. The summed E-state index contributed by atoms with van der Waals surface area (Å²) in [4.78, 5) is 15.1. The lowest BCUT2D eigenvalue weighted by molar-refractivity contribution is -0.137. The Morgan fingerprint density at radius 3 is 2.56 bits per heavy atom. The summed E-state index contributed by atoms with van der Waals surface area (Å²) in [7, 11) is 1.90. The van der Waals surface area contributed by atoms with Gasteiger partial charge in [-0.3, -0.25) is 4.79 Å². The first-order valence-corrected chi connectivity index (χ1v) is 5.48. The maximum atomic E-state index is 10.9. The van der Waals surface area contributed by atoms with Gasteiger partial charge in [-0.25, -0.2) is 4.98 Å². The van der Waals surface area contributed by atoms with Gasteiger partial charge in [0, 0.05) is 25.4 Å². The van der Waals surface area contributed by atoms with Crippen molar-refractivity contribution in [1.82, 2.24) is 9.55 Å². The molecular weight excluding hydrogens is 204 g/mol. The number of rotatable bonds is 4. The fourth-order valence-electron chi connectivity index (χ4n) is 1.98. The van der Waals surface area contributed by atoms with Crippen LogP contribution in [0.15, 0.2) is 12.4 Å². The molecule has 1 rings (SSSR count). The Hall–Kier alpha value is -1.32. The number of carboxylic acid groups (broad SMARTS) is 1. The van der Waals surface area contributed by atoms with Crippen molar-refractivity contribution in [3.05, 3.63) is 18.2 Å². The standard InChI is InChI=1S/C12H20N2O2/c1-12(2,3)8-9(7-10(15)16)11-13-5-6-14(11)4/h5-6,9H,7-8H2,1-4H3,(H,15,16). The highest BCUT2D eigenvalue weighted by atomic mass is 16.4. The first-order valence-electron chi connectivity index (χ1n) is 5.48. The predicted molar refractivity (Wildman–Crippen MR) is 62.3 cm³/mol. The smallest absolute Gasteiger partial charge is 0.304 e. The number of imidazole rings is 1. The zero-order chi connectivity index (χ0) is 12.3. The van der Waals surface area contributed by atoms with Crippen LogP contribution in [0.3, 0.4) is 0 Å². The molecule has 1 aromatic heterocycles. The van der Waals surface area contributed by atoms with E-state index in [0.717, 1.165) is 12.2 Å². The minimum Gasteiger partial charge on any atom is -0.481 e. The molecule has 0 saturated heterocycles. The second-order valence-electron chi connectivity index (χ2n) is 5.46. The summed E-state index contributed by atoms with van der Waals surface area (Å²) in [6.45, 7) is 6.35. The van der Waals surface area contributed by atoms with E-state index in [1.807, 2.05) is 17.8 Å². The first-order chi connectivity index (χ1) is 7.29. The van der Waals surface area contributed by atoms with Crippen molar-refractivity contribution >= 4 is 5.97 Å². The molecule has 0 bridgehead atoms. The Morgan fingerprint density at radius 1 is 1.56 bits per heavy atom. The molecule has 0 amide bonds. The van der Waals surface area contributed by atoms with Gasteiger partial charge in [0.25, 0.3) is 0 Å². The molecule has 0 aliphatic heterocycles. The maximum Gasteiger partial charge on any atom is 0.304 e. The van der Waals surface area contributed by atoms with Crippen molar-refractivity contribution in [1.29, 1.82) is 0 Å². The SMILES string of the molecule is Cn1ccnc1C(CC(=O)O)CC(C)(C)C. The first kappa shape index (κ1) is 12.7. The van der Waals surface area contributed by atoms with E-state index in [-0.39, 0.29) is 17.8 Å². The Bertz CT molecular complexity index is 363. The molecule has 16 heavy (non-hydrogen) atoms. The van der Waals surface area contributed by atoms with Gasteiger partial charge < -0.3 is 9.67 Å². The van der Waals surface area contributed by atoms with Gasteiger partial charge in [-0.15, -0.1) is 0 Å². The summed E-state index contributed by atoms with van der Waals surface area (Å²) >= 11 is 0. The average molecular weight is 224 g/mol. The van der Waals surface area contributed by atoms with Crippen LogP contribution in [0.5, 0.6) is 0 Å². The monoisotopic (exact) mass is 224 g/mol. The van der Waals surface area contributed by atoms with Crippen LogP contribution in [0.25, 0.3) is 0 Å². The summed E-state index contributed by atoms with van der Waals surface area (Å²) in [5.74, 6) is 0.0760. The molecule has 0 saturated carbocycles. The number of aliphatic carboxylic acids is 1. The number of carbonyl (C=O) groups is 1. The predicted octanol–water partition coefficient (Wildman–Crippen LogP) is 2.41. The fourth-order valence-corrected chi connectivity index (χ4v) is 1.98. The largest absolute Gasteiger partial charge is 0.481 e. The number of nitrogens with zero attached hydrogens (tertiary/aromatic N) is 2. The van der Waals surface area contributed by atoms with E-state index in [0.29, 0.717) is 0 Å². The van der Waals surface area contributed by atoms with E-state index >= 15 is 0 Å². The van der Waals surface area contributed by atoms with E-state index in [1.165, 1.54) is 0 Å². The molecule has 1 aromatic rings. The summed E-state index contributed by atoms with van der Waals surface area (Å²) < 4.78 is 1.90. The third-order valence-electron chi connectivity index (χ3n) is 2.50. The van der Waals surface area contributed by atoms with Gasteiger partial charge >= 0.3 is 5.97 Å². The molecule has 0 spiro atoms. The Balaban J connectivity index is 2.88.